The third-order valence-electron chi connectivity index (χ3n) is 19.3. The fourth-order valence-electron chi connectivity index (χ4n) is 12.7. The smallest absolute Gasteiger partial charge is 0.222 e. The third kappa shape index (κ3) is 43.6. The number of nitrogens with one attached hydrogen (secondary N) is 10. The highest BCUT2D eigenvalue weighted by Crippen LogP contribution is 2.27. The van der Waals surface area contributed by atoms with Crippen LogP contribution in [0.15, 0.2) is 0 Å². The van der Waals surface area contributed by atoms with E-state index in [-0.39, 0.29) is 196 Å². The average Bonchev–Trinajstić information content (AvgIpc) is 0.816. The summed E-state index contributed by atoms with van der Waals surface area (Å²) in [5.74, 6) is -3.42. The first-order valence-electron chi connectivity index (χ1n) is 41.1. The average molecular weight is 1670 g/mol. The van der Waals surface area contributed by atoms with Crippen LogP contribution in [0.4, 0.5) is 0 Å². The molecule has 0 radical (unpaired) electrons. The number of carbonyl (C=O) groups excluding carboxylic acids is 11. The van der Waals surface area contributed by atoms with Gasteiger partial charge in [0, 0.05) is 137 Å². The summed E-state index contributed by atoms with van der Waals surface area (Å²) in [4.78, 5) is 139. The first-order valence-corrected chi connectivity index (χ1v) is 41.1. The van der Waals surface area contributed by atoms with E-state index in [4.69, 9.17) is 42.6 Å². The predicted octanol–water partition coefficient (Wildman–Crippen LogP) is -3.16. The van der Waals surface area contributed by atoms with Crippen molar-refractivity contribution < 1.29 is 141 Å². The van der Waals surface area contributed by atoms with Gasteiger partial charge in [-0.1, -0.05) is 59.3 Å². The normalized spacial score (nSPS) is 23.9. The topological polar surface area (TPSA) is 573 Å². The van der Waals surface area contributed by atoms with E-state index in [1.165, 1.54) is 20.8 Å². The molecule has 3 rings (SSSR count). The minimum atomic E-state index is -1.46. The predicted molar refractivity (Wildman–Crippen MR) is 415 cm³/mol. The number of hydrogen-bond donors (Lipinski definition) is 19. The van der Waals surface area contributed by atoms with Crippen molar-refractivity contribution in [1.29, 1.82) is 0 Å². The molecule has 10 amide bonds. The summed E-state index contributed by atoms with van der Waals surface area (Å²) in [6.45, 7) is 8.24. The molecule has 0 bridgehead atoms. The molecule has 3 aliphatic heterocycles. The van der Waals surface area contributed by atoms with Crippen molar-refractivity contribution in [2.75, 3.05) is 119 Å². The maximum Gasteiger partial charge on any atom is 0.222 e. The van der Waals surface area contributed by atoms with E-state index in [1.54, 1.807) is 0 Å². The van der Waals surface area contributed by atoms with Gasteiger partial charge in [-0.15, -0.1) is 0 Å². The van der Waals surface area contributed by atoms with Crippen LogP contribution in [0.25, 0.3) is 0 Å². The van der Waals surface area contributed by atoms with Crippen LogP contribution in [0.2, 0.25) is 0 Å². The Morgan fingerprint density at radius 3 is 0.828 bits per heavy atom. The van der Waals surface area contributed by atoms with Crippen molar-refractivity contribution in [2.24, 2.45) is 5.41 Å². The minimum Gasteiger partial charge on any atom is -0.394 e. The lowest BCUT2D eigenvalue weighted by molar-refractivity contribution is -0.270. The fraction of sp³-hybridized carbons (Fsp3) is 0.857. The molecule has 3 saturated heterocycles. The van der Waals surface area contributed by atoms with Gasteiger partial charge in [0.25, 0.3) is 0 Å². The lowest BCUT2D eigenvalue weighted by atomic mass is 9.88. The summed E-state index contributed by atoms with van der Waals surface area (Å²) < 4.78 is 52.2. The molecule has 15 atom stereocenters. The number of unbranched alkanes of at least 4 members (excludes halogenated alkanes) is 10. The Bertz CT molecular complexity index is 2620. The molecule has 0 aromatic carbocycles. The summed E-state index contributed by atoms with van der Waals surface area (Å²) in [5, 5.41) is 118. The maximum atomic E-state index is 14.0. The number of rotatable bonds is 63. The highest BCUT2D eigenvalue weighted by molar-refractivity contribution is 5.83. The Balaban J connectivity index is 1.57. The van der Waals surface area contributed by atoms with Gasteiger partial charge in [-0.3, -0.25) is 52.7 Å². The van der Waals surface area contributed by atoms with Gasteiger partial charge in [0.15, 0.2) is 18.9 Å². The monoisotopic (exact) mass is 1670 g/mol. The molecule has 0 saturated carbocycles. The van der Waals surface area contributed by atoms with Crippen LogP contribution in [-0.2, 0) is 95.4 Å². The number of amides is 10. The van der Waals surface area contributed by atoms with Crippen LogP contribution in [0.3, 0.4) is 0 Å². The number of carbonyl (C=O) groups is 11. The zero-order valence-electron chi connectivity index (χ0n) is 68.8. The van der Waals surface area contributed by atoms with Gasteiger partial charge in [0.1, 0.15) is 84.4 Å². The van der Waals surface area contributed by atoms with E-state index >= 15 is 0 Å². The standard InChI is InChI=1S/C77H138N10O29/c1-50(91)84-64-70(105)67(102)53(44-88)114-73(64)111-38-18-15-25-57(95)78-32-21-35-81-60(98)29-41-108-47-77(87-63(101)28-14-12-10-8-7-9-11-13-24-56(94)76(4,5)6,48-109-42-30-61(99)82-36-22-33-79-58(96)26-16-19-39-112-74-65(85-51(2)92)71(106)68(103)54(45-89)115-74)49-110-43-31-62(100)83-37-23-34-80-59(97)27-17-20-40-113-75-66(86-52(3)93)72(107)69(104)55(46-90)116-75/h53-55,64-75,88-90,102-107H,7-49H2,1-6H3,(H,78,95)(H,79,96)(H,80,97)(H,81,98)(H,82,99)(H,83,100)(H,84,91)(H,85,92)(H,86,93)(H,87,101). The molecule has 0 spiro atoms. The Labute approximate surface area is 680 Å². The second-order valence-corrected chi connectivity index (χ2v) is 30.7. The molecule has 3 fully saturated rings. The second-order valence-electron chi connectivity index (χ2n) is 30.7. The molecule has 3 aliphatic rings. The van der Waals surface area contributed by atoms with Crippen LogP contribution in [0.1, 0.15) is 202 Å². The Kier molecular flexibility index (Phi) is 53.1. The van der Waals surface area contributed by atoms with Crippen molar-refractivity contribution in [3.63, 3.8) is 0 Å². The Morgan fingerprint density at radius 1 is 0.310 bits per heavy atom. The van der Waals surface area contributed by atoms with E-state index in [1.807, 2.05) is 20.8 Å². The molecular formula is C77H138N10O29. The number of ether oxygens (including phenoxy) is 9. The quantitative estimate of drug-likeness (QED) is 0.0267. The first-order chi connectivity index (χ1) is 55.3. The van der Waals surface area contributed by atoms with Crippen LogP contribution < -0.4 is 53.2 Å². The molecule has 670 valence electrons. The number of Topliss-reactive ketones (excluding diaryl/α,β-unsaturated/α-hetero) is 1. The largest absolute Gasteiger partial charge is 0.394 e. The van der Waals surface area contributed by atoms with Gasteiger partial charge < -0.3 is 142 Å². The molecule has 0 aromatic heterocycles. The summed E-state index contributed by atoms with van der Waals surface area (Å²) in [6.07, 6.45) is -4.29. The highest BCUT2D eigenvalue weighted by atomic mass is 16.7. The minimum absolute atomic E-state index is 0.0792. The maximum absolute atomic E-state index is 14.0. The molecule has 39 heteroatoms. The van der Waals surface area contributed by atoms with Crippen molar-refractivity contribution in [3.05, 3.63) is 0 Å². The Hall–Kier alpha value is -6.35. The van der Waals surface area contributed by atoms with Crippen LogP contribution in [0, 0.1) is 5.41 Å². The molecule has 0 aromatic rings. The molecule has 3 heterocycles. The van der Waals surface area contributed by atoms with Crippen LogP contribution >= 0.6 is 0 Å². The zero-order chi connectivity index (χ0) is 85.9. The van der Waals surface area contributed by atoms with Gasteiger partial charge >= 0.3 is 0 Å². The van der Waals surface area contributed by atoms with E-state index in [9.17, 15) is 98.7 Å². The number of aliphatic hydroxyl groups excluding tert-OH is 9. The molecule has 19 N–H and O–H groups in total. The summed E-state index contributed by atoms with van der Waals surface area (Å²) in [6, 6.07) is -3.28. The SMILES string of the molecule is CC(=O)NC1C(OCCCCC(=O)NCCCNC(=O)CCOCC(COCCC(=O)NCCCNC(=O)CCCCOC2OC(CO)C(O)C(O)C2NC(C)=O)(COCCC(=O)NCCCNC(=O)CCCCOC2OC(CO)C(O)C(O)C2NC(C)=O)NC(=O)CCCCCCCCCCC(=O)C(C)(C)C)OC(CO)C(O)C1O. The lowest BCUT2D eigenvalue weighted by Gasteiger charge is -2.42. The van der Waals surface area contributed by atoms with E-state index < -0.39 is 135 Å². The van der Waals surface area contributed by atoms with E-state index in [2.05, 4.69) is 53.2 Å². The van der Waals surface area contributed by atoms with Gasteiger partial charge in [-0.05, 0) is 70.6 Å². The molecule has 39 nitrogen and oxygen atoms in total. The van der Waals surface area contributed by atoms with E-state index in [0.29, 0.717) is 70.6 Å². The van der Waals surface area contributed by atoms with Gasteiger partial charge in [-0.25, -0.2) is 0 Å². The number of hydrogen-bond acceptors (Lipinski definition) is 29. The molecular weight excluding hydrogens is 1530 g/mol. The van der Waals surface area contributed by atoms with Crippen LogP contribution in [0.5, 0.6) is 0 Å². The summed E-state index contributed by atoms with van der Waals surface area (Å²) >= 11 is 0. The second kappa shape index (κ2) is 59.4. The van der Waals surface area contributed by atoms with E-state index in [0.717, 1.165) is 44.9 Å². The van der Waals surface area contributed by atoms with Crippen molar-refractivity contribution >= 4 is 64.9 Å². The molecule has 15 unspecified atom stereocenters. The van der Waals surface area contributed by atoms with Gasteiger partial charge in [0.2, 0.25) is 59.1 Å². The number of aliphatic hydroxyl groups is 9. The molecule has 116 heavy (non-hydrogen) atoms. The van der Waals surface area contributed by atoms with Crippen molar-refractivity contribution in [3.8, 4) is 0 Å². The first kappa shape index (κ1) is 104. The zero-order valence-corrected chi connectivity index (χ0v) is 68.8. The van der Waals surface area contributed by atoms with Crippen molar-refractivity contribution in [2.45, 2.75) is 300 Å². The lowest BCUT2D eigenvalue weighted by Crippen LogP contribution is -2.64. The fourth-order valence-corrected chi connectivity index (χ4v) is 12.7. The highest BCUT2D eigenvalue weighted by Gasteiger charge is 2.48. The van der Waals surface area contributed by atoms with Gasteiger partial charge in [-0.2, -0.15) is 0 Å². The van der Waals surface area contributed by atoms with Gasteiger partial charge in [0.05, 0.1) is 59.5 Å². The molecule has 0 aliphatic carbocycles. The summed E-state index contributed by atoms with van der Waals surface area (Å²) in [5.41, 5.74) is -1.77. The van der Waals surface area contributed by atoms with Crippen molar-refractivity contribution in [1.82, 2.24) is 53.2 Å². The Morgan fingerprint density at radius 2 is 0.560 bits per heavy atom. The summed E-state index contributed by atoms with van der Waals surface area (Å²) in [7, 11) is 0. The number of ketones is 1. The third-order valence-corrected chi connectivity index (χ3v) is 19.3. The van der Waals surface area contributed by atoms with Crippen LogP contribution in [-0.4, -0.2) is 327 Å².